The van der Waals surface area contributed by atoms with Gasteiger partial charge in [0.1, 0.15) is 6.61 Å². The number of rotatable bonds is 2. The van der Waals surface area contributed by atoms with Crippen molar-refractivity contribution in [3.05, 3.63) is 66.7 Å². The van der Waals surface area contributed by atoms with Crippen molar-refractivity contribution in [3.63, 3.8) is 0 Å². The second kappa shape index (κ2) is 8.80. The third-order valence-electron chi connectivity index (χ3n) is 7.68. The summed E-state index contributed by atoms with van der Waals surface area (Å²) in [5.74, 6) is 1.30. The van der Waals surface area contributed by atoms with Crippen LogP contribution < -0.4 is 14.8 Å². The Labute approximate surface area is 204 Å². The average molecular weight is 472 g/mol. The molecular formula is C28H29N3O4. The number of piperidine rings is 1. The van der Waals surface area contributed by atoms with Crippen molar-refractivity contribution in [2.24, 2.45) is 5.41 Å². The molecule has 6 rings (SSSR count). The SMILES string of the molecule is O=C(Nc1cccc2ccccc12)N1CCC2(CC1)CCN(C(=O)C1COc3ccccc3O1)C2. The number of carbonyl (C=O) groups is 2. The lowest BCUT2D eigenvalue weighted by Crippen LogP contribution is -2.48. The molecule has 1 N–H and O–H groups in total. The molecule has 0 aliphatic carbocycles. The van der Waals surface area contributed by atoms with Crippen molar-refractivity contribution in [2.45, 2.75) is 25.4 Å². The number of hydrogen-bond donors (Lipinski definition) is 1. The molecule has 180 valence electrons. The molecule has 3 amide bonds. The lowest BCUT2D eigenvalue weighted by molar-refractivity contribution is -0.140. The van der Waals surface area contributed by atoms with E-state index in [1.165, 1.54) is 0 Å². The van der Waals surface area contributed by atoms with Crippen LogP contribution in [0.1, 0.15) is 19.3 Å². The van der Waals surface area contributed by atoms with E-state index in [0.717, 1.165) is 42.3 Å². The van der Waals surface area contributed by atoms with Gasteiger partial charge in [-0.05, 0) is 48.3 Å². The summed E-state index contributed by atoms with van der Waals surface area (Å²) in [4.78, 5) is 30.0. The summed E-state index contributed by atoms with van der Waals surface area (Å²) in [6, 6.07) is 21.4. The highest BCUT2D eigenvalue weighted by atomic mass is 16.6. The van der Waals surface area contributed by atoms with Crippen molar-refractivity contribution >= 4 is 28.4 Å². The molecule has 1 unspecified atom stereocenters. The third-order valence-corrected chi connectivity index (χ3v) is 7.68. The molecule has 3 aliphatic rings. The van der Waals surface area contributed by atoms with Gasteiger partial charge in [-0.2, -0.15) is 0 Å². The van der Waals surface area contributed by atoms with E-state index in [2.05, 4.69) is 5.32 Å². The molecule has 0 saturated carbocycles. The topological polar surface area (TPSA) is 71.1 Å². The molecule has 7 heteroatoms. The molecule has 35 heavy (non-hydrogen) atoms. The summed E-state index contributed by atoms with van der Waals surface area (Å²) in [7, 11) is 0. The number of benzene rings is 3. The molecule has 3 heterocycles. The fourth-order valence-corrected chi connectivity index (χ4v) is 5.59. The quantitative estimate of drug-likeness (QED) is 0.596. The van der Waals surface area contributed by atoms with Gasteiger partial charge in [-0.3, -0.25) is 4.79 Å². The van der Waals surface area contributed by atoms with E-state index >= 15 is 0 Å². The first-order valence-electron chi connectivity index (χ1n) is 12.3. The highest BCUT2D eigenvalue weighted by Crippen LogP contribution is 2.41. The van der Waals surface area contributed by atoms with Gasteiger partial charge in [-0.15, -0.1) is 0 Å². The van der Waals surface area contributed by atoms with Crippen molar-refractivity contribution in [1.29, 1.82) is 0 Å². The van der Waals surface area contributed by atoms with Crippen LogP contribution in [-0.4, -0.2) is 60.6 Å². The van der Waals surface area contributed by atoms with Gasteiger partial charge in [0.15, 0.2) is 11.5 Å². The van der Waals surface area contributed by atoms with Gasteiger partial charge in [0, 0.05) is 31.6 Å². The number of amides is 3. The lowest BCUT2D eigenvalue weighted by Gasteiger charge is -2.39. The molecule has 2 saturated heterocycles. The Kier molecular flexibility index (Phi) is 5.47. The summed E-state index contributed by atoms with van der Waals surface area (Å²) in [6.07, 6.45) is 2.14. The fourth-order valence-electron chi connectivity index (χ4n) is 5.59. The predicted octanol–water partition coefficient (Wildman–Crippen LogP) is 4.53. The minimum Gasteiger partial charge on any atom is -0.485 e. The van der Waals surface area contributed by atoms with Crippen LogP contribution in [0.5, 0.6) is 11.5 Å². The molecule has 0 aromatic heterocycles. The maximum atomic E-state index is 13.2. The number of hydrogen-bond acceptors (Lipinski definition) is 4. The van der Waals surface area contributed by atoms with Crippen molar-refractivity contribution < 1.29 is 19.1 Å². The highest BCUT2D eigenvalue weighted by Gasteiger charge is 2.44. The number of ether oxygens (including phenoxy) is 2. The Hall–Kier alpha value is -3.74. The van der Waals surface area contributed by atoms with Crippen molar-refractivity contribution in [2.75, 3.05) is 38.1 Å². The van der Waals surface area contributed by atoms with Crippen LogP contribution in [-0.2, 0) is 4.79 Å². The number of urea groups is 1. The lowest BCUT2D eigenvalue weighted by atomic mass is 9.78. The van der Waals surface area contributed by atoms with Crippen LogP contribution in [0.3, 0.4) is 0 Å². The van der Waals surface area contributed by atoms with E-state index < -0.39 is 6.10 Å². The molecule has 7 nitrogen and oxygen atoms in total. The average Bonchev–Trinajstić information content (AvgIpc) is 3.32. The van der Waals surface area contributed by atoms with Crippen molar-refractivity contribution in [1.82, 2.24) is 9.80 Å². The van der Waals surface area contributed by atoms with Crippen LogP contribution >= 0.6 is 0 Å². The van der Waals surface area contributed by atoms with Crippen LogP contribution in [0.4, 0.5) is 10.5 Å². The zero-order valence-corrected chi connectivity index (χ0v) is 19.6. The van der Waals surface area contributed by atoms with Gasteiger partial charge in [-0.1, -0.05) is 48.5 Å². The Morgan fingerprint density at radius 3 is 2.34 bits per heavy atom. The standard InChI is InChI=1S/C28H29N3O4/c32-26(25-18-34-23-10-3-4-11-24(23)35-25)31-17-14-28(19-31)12-15-30(16-13-28)27(33)29-22-9-5-7-20-6-1-2-8-21(20)22/h1-11,25H,12-19H2,(H,29,33). The van der Waals surface area contributed by atoms with Gasteiger partial charge in [0.05, 0.1) is 5.69 Å². The monoisotopic (exact) mass is 471 g/mol. The molecular weight excluding hydrogens is 442 g/mol. The van der Waals surface area contributed by atoms with Crippen LogP contribution in [0.2, 0.25) is 0 Å². The van der Waals surface area contributed by atoms with E-state index in [4.69, 9.17) is 9.47 Å². The smallest absolute Gasteiger partial charge is 0.321 e. The van der Waals surface area contributed by atoms with Crippen LogP contribution in [0, 0.1) is 5.41 Å². The molecule has 3 aromatic rings. The Morgan fingerprint density at radius 2 is 1.51 bits per heavy atom. The Morgan fingerprint density at radius 1 is 0.829 bits per heavy atom. The molecule has 1 spiro atoms. The molecule has 3 aliphatic heterocycles. The Balaban J connectivity index is 1.05. The highest BCUT2D eigenvalue weighted by molar-refractivity contribution is 6.01. The maximum absolute atomic E-state index is 13.2. The number of fused-ring (bicyclic) bond motifs is 2. The van der Waals surface area contributed by atoms with Crippen LogP contribution in [0.15, 0.2) is 66.7 Å². The van der Waals surface area contributed by atoms with Gasteiger partial charge in [-0.25, -0.2) is 4.79 Å². The Bertz CT molecular complexity index is 1260. The first-order chi connectivity index (χ1) is 17.1. The van der Waals surface area contributed by atoms with Gasteiger partial charge in [0.25, 0.3) is 5.91 Å². The first kappa shape index (κ1) is 21.8. The van der Waals surface area contributed by atoms with Crippen molar-refractivity contribution in [3.8, 4) is 11.5 Å². The fraction of sp³-hybridized carbons (Fsp3) is 0.357. The number of nitrogens with zero attached hydrogens (tertiary/aromatic N) is 2. The van der Waals surface area contributed by atoms with Gasteiger partial charge < -0.3 is 24.6 Å². The molecule has 3 aromatic carbocycles. The zero-order chi connectivity index (χ0) is 23.8. The van der Waals surface area contributed by atoms with Gasteiger partial charge >= 0.3 is 6.03 Å². The first-order valence-corrected chi connectivity index (χ1v) is 12.3. The van der Waals surface area contributed by atoms with Gasteiger partial charge in [0.2, 0.25) is 6.10 Å². The molecule has 0 bridgehead atoms. The van der Waals surface area contributed by atoms with E-state index in [-0.39, 0.29) is 24.0 Å². The number of nitrogens with one attached hydrogen (secondary N) is 1. The number of carbonyl (C=O) groups excluding carboxylic acids is 2. The van der Waals surface area contributed by atoms with E-state index in [1.54, 1.807) is 0 Å². The second-order valence-corrected chi connectivity index (χ2v) is 9.82. The van der Waals surface area contributed by atoms with E-state index in [0.29, 0.717) is 31.1 Å². The second-order valence-electron chi connectivity index (χ2n) is 9.82. The van der Waals surface area contributed by atoms with E-state index in [1.807, 2.05) is 76.5 Å². The minimum atomic E-state index is -0.605. The molecule has 2 fully saturated rings. The summed E-state index contributed by atoms with van der Waals surface area (Å²) in [5.41, 5.74) is 0.904. The van der Waals surface area contributed by atoms with E-state index in [9.17, 15) is 9.59 Å². The maximum Gasteiger partial charge on any atom is 0.321 e. The molecule has 1 atom stereocenters. The summed E-state index contributed by atoms with van der Waals surface area (Å²) < 4.78 is 11.7. The molecule has 0 radical (unpaired) electrons. The minimum absolute atomic E-state index is 0.00694. The normalized spacial score (nSPS) is 20.7. The zero-order valence-electron chi connectivity index (χ0n) is 19.6. The predicted molar refractivity (Wildman–Crippen MR) is 134 cm³/mol. The number of likely N-dealkylation sites (tertiary alicyclic amines) is 2. The summed E-state index contributed by atoms with van der Waals surface area (Å²) in [6.45, 7) is 3.06. The number of para-hydroxylation sites is 2. The third kappa shape index (κ3) is 4.16. The summed E-state index contributed by atoms with van der Waals surface area (Å²) in [5, 5.41) is 5.25. The largest absolute Gasteiger partial charge is 0.485 e. The number of anilines is 1. The summed E-state index contributed by atoms with van der Waals surface area (Å²) >= 11 is 0. The van der Waals surface area contributed by atoms with Crippen LogP contribution in [0.25, 0.3) is 10.8 Å².